The molecule has 1 heterocycles. The molecule has 1 fully saturated rings. The van der Waals surface area contributed by atoms with Crippen molar-refractivity contribution >= 4 is 23.4 Å². The number of nitrogens with zero attached hydrogens (tertiary/aromatic N) is 1. The minimum atomic E-state index is -0.460. The second-order valence-corrected chi connectivity index (χ2v) is 4.72. The molecule has 0 radical (unpaired) electrons. The van der Waals surface area contributed by atoms with Gasteiger partial charge in [-0.2, -0.15) is 0 Å². The molecule has 0 saturated carbocycles. The first-order chi connectivity index (χ1) is 7.05. The summed E-state index contributed by atoms with van der Waals surface area (Å²) in [6.07, 6.45) is 2.75. The van der Waals surface area contributed by atoms with Gasteiger partial charge in [-0.15, -0.1) is 11.6 Å². The van der Waals surface area contributed by atoms with E-state index < -0.39 is 5.41 Å². The second kappa shape index (κ2) is 4.97. The molecule has 1 saturated heterocycles. The van der Waals surface area contributed by atoms with Crippen LogP contribution in [0.15, 0.2) is 0 Å². The van der Waals surface area contributed by atoms with Crippen LogP contribution >= 0.6 is 11.6 Å². The van der Waals surface area contributed by atoms with Gasteiger partial charge in [0.2, 0.25) is 11.8 Å². The molecule has 4 heteroatoms. The third kappa shape index (κ3) is 2.51. The van der Waals surface area contributed by atoms with Crippen LogP contribution in [0, 0.1) is 5.41 Å². The van der Waals surface area contributed by atoms with Gasteiger partial charge in [0.05, 0.1) is 5.41 Å². The number of hydrogen-bond acceptors (Lipinski definition) is 2. The highest BCUT2D eigenvalue weighted by molar-refractivity contribution is 6.17. The van der Waals surface area contributed by atoms with Gasteiger partial charge in [0.25, 0.3) is 0 Å². The molecule has 2 amide bonds. The number of amides is 2. The molecule has 0 unspecified atom stereocenters. The Morgan fingerprint density at radius 2 is 2.07 bits per heavy atom. The zero-order valence-electron chi connectivity index (χ0n) is 9.38. The van der Waals surface area contributed by atoms with E-state index in [0.29, 0.717) is 18.8 Å². The lowest BCUT2D eigenvalue weighted by Crippen LogP contribution is -2.34. The zero-order valence-corrected chi connectivity index (χ0v) is 10.1. The minimum Gasteiger partial charge on any atom is -0.282 e. The number of imide groups is 1. The largest absolute Gasteiger partial charge is 0.282 e. The summed E-state index contributed by atoms with van der Waals surface area (Å²) in [5.41, 5.74) is -0.460. The maximum Gasteiger partial charge on any atom is 0.235 e. The maximum absolute atomic E-state index is 11.9. The summed E-state index contributed by atoms with van der Waals surface area (Å²) in [7, 11) is 0. The van der Waals surface area contributed by atoms with Crippen LogP contribution in [0.3, 0.4) is 0 Å². The summed E-state index contributed by atoms with van der Waals surface area (Å²) in [6.45, 7) is 4.35. The van der Waals surface area contributed by atoms with Crippen LogP contribution in [0.4, 0.5) is 0 Å². The van der Waals surface area contributed by atoms with E-state index >= 15 is 0 Å². The fourth-order valence-corrected chi connectivity index (χ4v) is 2.00. The predicted molar refractivity (Wildman–Crippen MR) is 59.7 cm³/mol. The molecule has 0 spiro atoms. The van der Waals surface area contributed by atoms with Crippen molar-refractivity contribution in [2.45, 2.75) is 39.5 Å². The molecule has 1 atom stereocenters. The molecule has 0 aliphatic carbocycles. The van der Waals surface area contributed by atoms with Crippen molar-refractivity contribution < 1.29 is 9.59 Å². The van der Waals surface area contributed by atoms with E-state index in [9.17, 15) is 9.59 Å². The van der Waals surface area contributed by atoms with Crippen molar-refractivity contribution in [1.82, 2.24) is 4.90 Å². The second-order valence-electron chi connectivity index (χ2n) is 4.34. The van der Waals surface area contributed by atoms with Crippen molar-refractivity contribution in [2.24, 2.45) is 5.41 Å². The topological polar surface area (TPSA) is 37.4 Å². The Morgan fingerprint density at radius 3 is 2.53 bits per heavy atom. The highest BCUT2D eigenvalue weighted by Crippen LogP contribution is 2.35. The third-order valence-corrected chi connectivity index (χ3v) is 3.42. The Labute approximate surface area is 95.8 Å². The van der Waals surface area contributed by atoms with E-state index in [0.717, 1.165) is 19.3 Å². The van der Waals surface area contributed by atoms with E-state index in [1.165, 1.54) is 4.90 Å². The molecule has 0 N–H and O–H groups in total. The van der Waals surface area contributed by atoms with Crippen molar-refractivity contribution in [3.05, 3.63) is 0 Å². The van der Waals surface area contributed by atoms with Crippen LogP contribution in [-0.4, -0.2) is 29.1 Å². The van der Waals surface area contributed by atoms with Gasteiger partial charge in [0, 0.05) is 18.8 Å². The molecule has 1 rings (SSSR count). The van der Waals surface area contributed by atoms with Crippen LogP contribution < -0.4 is 0 Å². The van der Waals surface area contributed by atoms with Gasteiger partial charge in [0.15, 0.2) is 0 Å². The lowest BCUT2D eigenvalue weighted by Gasteiger charge is -2.20. The lowest BCUT2D eigenvalue weighted by atomic mass is 9.86. The van der Waals surface area contributed by atoms with E-state index in [4.69, 9.17) is 11.6 Å². The molecule has 3 nitrogen and oxygen atoms in total. The molecule has 0 aromatic rings. The normalized spacial score (nSPS) is 26.5. The number of carbonyl (C=O) groups is 2. The Hall–Kier alpha value is -0.570. The first-order valence-electron chi connectivity index (χ1n) is 5.46. The molecule has 1 aliphatic rings. The van der Waals surface area contributed by atoms with Gasteiger partial charge in [-0.25, -0.2) is 0 Å². The van der Waals surface area contributed by atoms with Gasteiger partial charge in [-0.1, -0.05) is 13.8 Å². The van der Waals surface area contributed by atoms with Crippen LogP contribution in [0.5, 0.6) is 0 Å². The average Bonchev–Trinajstić information content (AvgIpc) is 2.42. The van der Waals surface area contributed by atoms with Crippen LogP contribution in [0.25, 0.3) is 0 Å². The van der Waals surface area contributed by atoms with Crippen molar-refractivity contribution in [3.8, 4) is 0 Å². The van der Waals surface area contributed by atoms with Crippen molar-refractivity contribution in [2.75, 3.05) is 12.4 Å². The average molecular weight is 232 g/mol. The van der Waals surface area contributed by atoms with Crippen molar-refractivity contribution in [1.29, 1.82) is 0 Å². The van der Waals surface area contributed by atoms with E-state index in [1.54, 1.807) is 0 Å². The predicted octanol–water partition coefficient (Wildman–Crippen LogP) is 2.18. The molecule has 0 aromatic heterocycles. The minimum absolute atomic E-state index is 0.00966. The monoisotopic (exact) mass is 231 g/mol. The first-order valence-corrected chi connectivity index (χ1v) is 5.99. The number of likely N-dealkylation sites (tertiary alicyclic amines) is 1. The Kier molecular flexibility index (Phi) is 4.14. The summed E-state index contributed by atoms with van der Waals surface area (Å²) in [5, 5.41) is 0. The molecule has 86 valence electrons. The molecule has 0 aromatic carbocycles. The van der Waals surface area contributed by atoms with E-state index in [1.807, 2.05) is 13.8 Å². The van der Waals surface area contributed by atoms with Gasteiger partial charge < -0.3 is 0 Å². The summed E-state index contributed by atoms with van der Waals surface area (Å²) in [4.78, 5) is 25.0. The van der Waals surface area contributed by atoms with Gasteiger partial charge in [0.1, 0.15) is 0 Å². The van der Waals surface area contributed by atoms with E-state index in [-0.39, 0.29) is 11.8 Å². The van der Waals surface area contributed by atoms with Gasteiger partial charge >= 0.3 is 0 Å². The van der Waals surface area contributed by atoms with Crippen LogP contribution in [0.1, 0.15) is 39.5 Å². The number of halogens is 1. The highest BCUT2D eigenvalue weighted by Gasteiger charge is 2.46. The van der Waals surface area contributed by atoms with Crippen LogP contribution in [0.2, 0.25) is 0 Å². The molecular weight excluding hydrogens is 214 g/mol. The fourth-order valence-electron chi connectivity index (χ4n) is 1.81. The Bertz CT molecular complexity index is 267. The summed E-state index contributed by atoms with van der Waals surface area (Å²) in [6, 6.07) is 0. The number of carbonyl (C=O) groups excluding carboxylic acids is 2. The van der Waals surface area contributed by atoms with Gasteiger partial charge in [-0.3, -0.25) is 14.5 Å². The Morgan fingerprint density at radius 1 is 1.40 bits per heavy atom. The highest BCUT2D eigenvalue weighted by atomic mass is 35.5. The Balaban J connectivity index is 2.59. The van der Waals surface area contributed by atoms with E-state index in [2.05, 4.69) is 0 Å². The fraction of sp³-hybridized carbons (Fsp3) is 0.818. The lowest BCUT2D eigenvalue weighted by molar-refractivity contribution is -0.141. The molecule has 0 bridgehead atoms. The molecule has 15 heavy (non-hydrogen) atoms. The zero-order chi connectivity index (χ0) is 11.5. The summed E-state index contributed by atoms with van der Waals surface area (Å²) < 4.78 is 0. The van der Waals surface area contributed by atoms with Gasteiger partial charge in [-0.05, 0) is 19.3 Å². The van der Waals surface area contributed by atoms with Crippen LogP contribution in [-0.2, 0) is 9.59 Å². The summed E-state index contributed by atoms with van der Waals surface area (Å²) >= 11 is 5.55. The molecular formula is C11H18ClNO2. The number of rotatable bonds is 5. The quantitative estimate of drug-likeness (QED) is 0.413. The summed E-state index contributed by atoms with van der Waals surface area (Å²) in [5.74, 6) is 0.546. The SMILES string of the molecule is CC[C@@]1(C)CC(=O)N(CCCCCl)C1=O. The number of unbranched alkanes of at least 4 members (excludes halogenated alkanes) is 1. The third-order valence-electron chi connectivity index (χ3n) is 3.15. The smallest absolute Gasteiger partial charge is 0.235 e. The molecule has 1 aliphatic heterocycles. The van der Waals surface area contributed by atoms with Crippen molar-refractivity contribution in [3.63, 3.8) is 0 Å². The number of alkyl halides is 1. The standard InChI is InChI=1S/C11H18ClNO2/c1-3-11(2)8-9(14)13(10(11)15)7-5-4-6-12/h3-8H2,1-2H3/t11-/m0/s1. The number of hydrogen-bond donors (Lipinski definition) is 0. The maximum atomic E-state index is 11.9. The first kappa shape index (κ1) is 12.5.